The smallest absolute Gasteiger partial charge is 0.489 e. The number of ether oxygens (including phenoxy) is 3. The van der Waals surface area contributed by atoms with Crippen LogP contribution in [0.5, 0.6) is 11.5 Å². The number of fused-ring (bicyclic) bond motifs is 1. The number of anilines is 1. The van der Waals surface area contributed by atoms with E-state index < -0.39 is 61.2 Å². The average molecular weight is 601 g/mol. The SMILES string of the molecule is O[C@H](CN1c2cccc(-c3cccc(OC(F)(F)F)c3)c2OC[C@@H]1C1C=C(OC(F)(F)C(F)F)C=CC1)C(F)(F)F. The van der Waals surface area contributed by atoms with E-state index in [1.165, 1.54) is 36.4 Å². The zero-order chi connectivity index (χ0) is 30.2. The third kappa shape index (κ3) is 7.18. The molecule has 224 valence electrons. The summed E-state index contributed by atoms with van der Waals surface area (Å²) in [7, 11) is 0. The van der Waals surface area contributed by atoms with Crippen molar-refractivity contribution in [2.45, 2.75) is 43.6 Å². The molecule has 0 saturated heterocycles. The lowest BCUT2D eigenvalue weighted by Gasteiger charge is -2.43. The minimum absolute atomic E-state index is 0.0154. The summed E-state index contributed by atoms with van der Waals surface area (Å²) >= 11 is 0. The first kappa shape index (κ1) is 30.3. The molecule has 3 atom stereocenters. The van der Waals surface area contributed by atoms with Crippen LogP contribution in [0.15, 0.2) is 66.5 Å². The molecular formula is C26H21F10NO4. The van der Waals surface area contributed by atoms with Crippen molar-refractivity contribution in [3.8, 4) is 22.6 Å². The highest BCUT2D eigenvalue weighted by Gasteiger charge is 2.46. The van der Waals surface area contributed by atoms with E-state index in [1.54, 1.807) is 0 Å². The number of benzene rings is 2. The molecular weight excluding hydrogens is 580 g/mol. The zero-order valence-corrected chi connectivity index (χ0v) is 20.6. The first-order valence-electron chi connectivity index (χ1n) is 11.9. The molecule has 0 saturated carbocycles. The topological polar surface area (TPSA) is 51.2 Å². The Hall–Kier alpha value is -3.62. The lowest BCUT2D eigenvalue weighted by molar-refractivity contribution is -0.280. The second-order valence-electron chi connectivity index (χ2n) is 9.15. The maximum Gasteiger partial charge on any atom is 0.573 e. The molecule has 1 unspecified atom stereocenters. The lowest BCUT2D eigenvalue weighted by atomic mass is 9.89. The molecule has 2 aromatic rings. The van der Waals surface area contributed by atoms with Crippen molar-refractivity contribution in [1.29, 1.82) is 0 Å². The Labute approximate surface area is 226 Å². The van der Waals surface area contributed by atoms with Gasteiger partial charge in [-0.2, -0.15) is 30.7 Å². The van der Waals surface area contributed by atoms with Crippen LogP contribution < -0.4 is 14.4 Å². The largest absolute Gasteiger partial charge is 0.573 e. The third-order valence-electron chi connectivity index (χ3n) is 6.30. The molecule has 1 aliphatic heterocycles. The van der Waals surface area contributed by atoms with E-state index in [0.717, 1.165) is 29.2 Å². The van der Waals surface area contributed by atoms with E-state index in [9.17, 15) is 49.0 Å². The monoisotopic (exact) mass is 601 g/mol. The summed E-state index contributed by atoms with van der Waals surface area (Å²) in [6.07, 6.45) is -18.4. The Morgan fingerprint density at radius 3 is 2.34 bits per heavy atom. The van der Waals surface area contributed by atoms with E-state index in [2.05, 4.69) is 9.47 Å². The molecule has 1 heterocycles. The number of rotatable bonds is 8. The maximum absolute atomic E-state index is 13.5. The van der Waals surface area contributed by atoms with Gasteiger partial charge in [0.25, 0.3) is 0 Å². The van der Waals surface area contributed by atoms with Crippen LogP contribution in [-0.4, -0.2) is 55.5 Å². The van der Waals surface area contributed by atoms with Gasteiger partial charge in [0.2, 0.25) is 0 Å². The van der Waals surface area contributed by atoms with Crippen LogP contribution in [-0.2, 0) is 4.74 Å². The van der Waals surface area contributed by atoms with Crippen LogP contribution in [0.3, 0.4) is 0 Å². The third-order valence-corrected chi connectivity index (χ3v) is 6.30. The molecule has 41 heavy (non-hydrogen) atoms. The van der Waals surface area contributed by atoms with Gasteiger partial charge in [-0.1, -0.05) is 30.3 Å². The summed E-state index contributed by atoms with van der Waals surface area (Å²) in [5.74, 6) is -2.09. The van der Waals surface area contributed by atoms with Gasteiger partial charge in [0.15, 0.2) is 11.9 Å². The van der Waals surface area contributed by atoms with Crippen LogP contribution in [0.1, 0.15) is 6.42 Å². The van der Waals surface area contributed by atoms with Crippen LogP contribution in [0, 0.1) is 5.92 Å². The number of hydrogen-bond acceptors (Lipinski definition) is 5. The number of allylic oxidation sites excluding steroid dienone is 2. The predicted octanol–water partition coefficient (Wildman–Crippen LogP) is 7.08. The summed E-state index contributed by atoms with van der Waals surface area (Å²) in [6, 6.07) is 7.97. The van der Waals surface area contributed by atoms with Crippen molar-refractivity contribution in [3.05, 3.63) is 66.5 Å². The molecule has 0 aromatic heterocycles. The molecule has 0 amide bonds. The molecule has 2 aliphatic rings. The van der Waals surface area contributed by atoms with E-state index in [4.69, 9.17) is 4.74 Å². The molecule has 5 nitrogen and oxygen atoms in total. The molecule has 0 radical (unpaired) electrons. The summed E-state index contributed by atoms with van der Waals surface area (Å²) in [4.78, 5) is 1.14. The first-order chi connectivity index (χ1) is 19.0. The van der Waals surface area contributed by atoms with Crippen molar-refractivity contribution >= 4 is 5.69 Å². The van der Waals surface area contributed by atoms with Crippen molar-refractivity contribution in [1.82, 2.24) is 0 Å². The normalized spacial score (nSPS) is 20.3. The fourth-order valence-electron chi connectivity index (χ4n) is 4.52. The highest BCUT2D eigenvalue weighted by Crippen LogP contribution is 2.45. The Bertz CT molecular complexity index is 1290. The van der Waals surface area contributed by atoms with Crippen LogP contribution in [0.25, 0.3) is 11.1 Å². The fraction of sp³-hybridized carbons (Fsp3) is 0.385. The highest BCUT2D eigenvalue weighted by molar-refractivity contribution is 5.80. The first-order valence-corrected chi connectivity index (χ1v) is 11.9. The van der Waals surface area contributed by atoms with Gasteiger partial charge in [-0.25, -0.2) is 0 Å². The van der Waals surface area contributed by atoms with Crippen LogP contribution in [0.2, 0.25) is 0 Å². The van der Waals surface area contributed by atoms with Gasteiger partial charge in [-0.15, -0.1) is 13.2 Å². The van der Waals surface area contributed by atoms with Crippen molar-refractivity contribution in [2.24, 2.45) is 5.92 Å². The molecule has 2 aromatic carbocycles. The van der Waals surface area contributed by atoms with Crippen LogP contribution >= 0.6 is 0 Å². The van der Waals surface area contributed by atoms with Gasteiger partial charge in [0.1, 0.15) is 18.1 Å². The number of alkyl halides is 10. The molecule has 15 heteroatoms. The van der Waals surface area contributed by atoms with E-state index in [1.807, 2.05) is 0 Å². The number of halogens is 10. The van der Waals surface area contributed by atoms with Gasteiger partial charge in [-0.3, -0.25) is 0 Å². The fourth-order valence-corrected chi connectivity index (χ4v) is 4.52. The van der Waals surface area contributed by atoms with Crippen molar-refractivity contribution < 1.29 is 63.2 Å². The molecule has 1 N–H and O–H groups in total. The van der Waals surface area contributed by atoms with Crippen molar-refractivity contribution in [2.75, 3.05) is 18.1 Å². The number of para-hydroxylation sites is 1. The minimum Gasteiger partial charge on any atom is -0.489 e. The Balaban J connectivity index is 1.72. The summed E-state index contributed by atoms with van der Waals surface area (Å²) in [6.45, 7) is -1.39. The van der Waals surface area contributed by atoms with E-state index in [0.29, 0.717) is 0 Å². The quantitative estimate of drug-likeness (QED) is 0.328. The van der Waals surface area contributed by atoms with Gasteiger partial charge in [0.05, 0.1) is 18.3 Å². The van der Waals surface area contributed by atoms with Crippen LogP contribution in [0.4, 0.5) is 49.6 Å². The number of β-amino-alcohol motifs (C(OH)–C–C–N with tert-alkyl or cyclic N) is 1. The molecule has 1 aliphatic carbocycles. The van der Waals surface area contributed by atoms with E-state index >= 15 is 0 Å². The Morgan fingerprint density at radius 1 is 0.976 bits per heavy atom. The van der Waals surface area contributed by atoms with Gasteiger partial charge < -0.3 is 24.2 Å². The van der Waals surface area contributed by atoms with Crippen molar-refractivity contribution in [3.63, 3.8) is 0 Å². The van der Waals surface area contributed by atoms with E-state index in [-0.39, 0.29) is 35.6 Å². The summed E-state index contributed by atoms with van der Waals surface area (Å²) in [5.41, 5.74) is 0.385. The molecule has 0 spiro atoms. The number of nitrogens with zero attached hydrogens (tertiary/aromatic N) is 1. The zero-order valence-electron chi connectivity index (χ0n) is 20.6. The number of aliphatic hydroxyl groups excluding tert-OH is 1. The summed E-state index contributed by atoms with van der Waals surface area (Å²) < 4.78 is 145. The minimum atomic E-state index is -5.04. The predicted molar refractivity (Wildman–Crippen MR) is 125 cm³/mol. The standard InChI is InChI=1S/C26H21F10NO4/c27-23(28)25(32,33)40-16-6-2-5-15(11-16)20-13-39-22-18(14-4-1-7-17(10-14)41-26(34,35)36)8-3-9-19(22)37(20)12-21(38)24(29,30)31/h1-4,6-11,15,20-21,23,38H,5,12-13H2/t15?,20-,21-/m1/s1. The number of aliphatic hydroxyl groups is 1. The molecule has 0 bridgehead atoms. The average Bonchev–Trinajstić information content (AvgIpc) is 2.87. The summed E-state index contributed by atoms with van der Waals surface area (Å²) in [5, 5.41) is 9.91. The number of hydrogen-bond donors (Lipinski definition) is 1. The highest BCUT2D eigenvalue weighted by atomic mass is 19.4. The maximum atomic E-state index is 13.5. The van der Waals surface area contributed by atoms with Gasteiger partial charge >= 0.3 is 25.1 Å². The molecule has 4 rings (SSSR count). The van der Waals surface area contributed by atoms with Gasteiger partial charge in [0, 0.05) is 11.5 Å². The second-order valence-corrected chi connectivity index (χ2v) is 9.15. The molecule has 0 fully saturated rings. The Morgan fingerprint density at radius 2 is 1.68 bits per heavy atom. The lowest BCUT2D eigenvalue weighted by Crippen LogP contribution is -2.52. The van der Waals surface area contributed by atoms with Gasteiger partial charge in [-0.05, 0) is 42.3 Å². The second kappa shape index (κ2) is 11.3. The Kier molecular flexibility index (Phi) is 8.39.